The zero-order valence-electron chi connectivity index (χ0n) is 32.9. The van der Waals surface area contributed by atoms with Gasteiger partial charge in [-0.3, -0.25) is 0 Å². The Kier molecular flexibility index (Phi) is 11.0. The number of aryl methyl sites for hydroxylation is 5. The normalized spacial score (nSPS) is 12.5. The summed E-state index contributed by atoms with van der Waals surface area (Å²) in [6.07, 6.45) is 0. The van der Waals surface area contributed by atoms with Crippen LogP contribution in [0.1, 0.15) is 98.7 Å². The van der Waals surface area contributed by atoms with Crippen LogP contribution in [0.5, 0.6) is 0 Å². The maximum atomic E-state index is 2.39. The van der Waals surface area contributed by atoms with Gasteiger partial charge in [0.15, 0.2) is 0 Å². The van der Waals surface area contributed by atoms with E-state index in [2.05, 4.69) is 223 Å². The molecule has 0 fully saturated rings. The third kappa shape index (κ3) is 8.12. The van der Waals surface area contributed by atoms with Gasteiger partial charge in [-0.25, -0.2) is 0 Å². The van der Waals surface area contributed by atoms with E-state index in [9.17, 15) is 0 Å². The highest BCUT2D eigenvalue weighted by atomic mass is 15.1. The van der Waals surface area contributed by atoms with Gasteiger partial charge in [0.1, 0.15) is 0 Å². The minimum absolute atomic E-state index is 0.253. The van der Waals surface area contributed by atoms with E-state index in [-0.39, 0.29) is 23.7 Å². The Morgan fingerprint density at radius 1 is 0.259 bits per heavy atom. The monoisotopic (exact) mass is 703 g/mol. The van der Waals surface area contributed by atoms with Gasteiger partial charge in [0, 0.05) is 28.9 Å². The largest absolute Gasteiger partial charge is 0.311 e. The molecule has 0 aliphatic carbocycles. The Bertz CT molecular complexity index is 2010. The number of rotatable bonds is 11. The van der Waals surface area contributed by atoms with E-state index >= 15 is 0 Å². The minimum atomic E-state index is 0.253. The first-order valence-corrected chi connectivity index (χ1v) is 19.5. The second kappa shape index (κ2) is 16.1. The average Bonchev–Trinajstić information content (AvgIpc) is 3.19. The first-order chi connectivity index (χ1) is 26.1. The van der Waals surface area contributed by atoms with Crippen LogP contribution in [0, 0.1) is 34.6 Å². The lowest BCUT2D eigenvalue weighted by Gasteiger charge is -2.29. The molecular weight excluding hydrogens is 651 g/mol. The van der Waals surface area contributed by atoms with Gasteiger partial charge in [0.05, 0.1) is 0 Å². The number of hydrogen-bond donors (Lipinski definition) is 0. The summed E-state index contributed by atoms with van der Waals surface area (Å²) in [6.45, 7) is 15.5. The minimum Gasteiger partial charge on any atom is -0.311 e. The summed E-state index contributed by atoms with van der Waals surface area (Å²) < 4.78 is 0. The molecule has 7 aromatic carbocycles. The molecular formula is C53H53N. The van der Waals surface area contributed by atoms with Crippen molar-refractivity contribution in [3.8, 4) is 0 Å². The molecule has 0 heterocycles. The fourth-order valence-corrected chi connectivity index (χ4v) is 8.01. The molecule has 54 heavy (non-hydrogen) atoms. The van der Waals surface area contributed by atoms with Crippen molar-refractivity contribution >= 4 is 17.1 Å². The molecule has 0 aromatic heterocycles. The van der Waals surface area contributed by atoms with Crippen LogP contribution in [0.4, 0.5) is 17.1 Å². The fourth-order valence-electron chi connectivity index (χ4n) is 8.01. The van der Waals surface area contributed by atoms with Crippen LogP contribution in [0.3, 0.4) is 0 Å². The van der Waals surface area contributed by atoms with Gasteiger partial charge in [-0.1, -0.05) is 175 Å². The van der Waals surface area contributed by atoms with Gasteiger partial charge in [-0.15, -0.1) is 0 Å². The number of benzene rings is 7. The first kappa shape index (κ1) is 36.7. The summed E-state index contributed by atoms with van der Waals surface area (Å²) >= 11 is 0. The molecule has 0 saturated carbocycles. The van der Waals surface area contributed by atoms with Crippen LogP contribution < -0.4 is 4.90 Å². The van der Waals surface area contributed by atoms with E-state index in [4.69, 9.17) is 0 Å². The van der Waals surface area contributed by atoms with Crippen LogP contribution in [0.15, 0.2) is 170 Å². The second-order valence-electron chi connectivity index (χ2n) is 15.5. The van der Waals surface area contributed by atoms with Crippen molar-refractivity contribution in [2.24, 2.45) is 0 Å². The summed E-state index contributed by atoms with van der Waals surface area (Å²) in [7, 11) is 0. The van der Waals surface area contributed by atoms with Crippen LogP contribution in [-0.2, 0) is 0 Å². The van der Waals surface area contributed by atoms with E-state index in [0.29, 0.717) is 0 Å². The predicted molar refractivity (Wildman–Crippen MR) is 231 cm³/mol. The number of nitrogens with zero attached hydrogens (tertiary/aromatic N) is 1. The summed E-state index contributed by atoms with van der Waals surface area (Å²) in [5.41, 5.74) is 17.9. The Morgan fingerprint density at radius 3 is 0.685 bits per heavy atom. The summed E-state index contributed by atoms with van der Waals surface area (Å²) in [4.78, 5) is 2.39. The molecule has 0 N–H and O–H groups in total. The second-order valence-corrected chi connectivity index (χ2v) is 15.5. The van der Waals surface area contributed by atoms with E-state index in [0.717, 1.165) is 17.1 Å². The molecule has 1 nitrogen and oxygen atoms in total. The SMILES string of the molecule is Cc1ccc(C(c2ccc(C)cc2)C(C)c2ccc(N(c3ccc(C)cc3)c3ccc(C(C)C(c4ccc(C)cc4)c4ccc(C)cc4)cc3)cc2)cc1. The van der Waals surface area contributed by atoms with Crippen LogP contribution >= 0.6 is 0 Å². The highest BCUT2D eigenvalue weighted by Crippen LogP contribution is 2.43. The highest BCUT2D eigenvalue weighted by molar-refractivity contribution is 5.77. The standard InChI is InChI=1S/C53H53N/c1-36-8-18-45(19-9-36)52(46-20-10-37(2)11-21-46)41(6)43-26-32-50(33-27-43)54(49-30-16-40(5)17-31-49)51-34-28-44(29-35-51)42(7)53(47-22-12-38(3)13-23-47)48-24-14-39(4)15-25-48/h8-35,41-42,52-53H,1-7H3. The summed E-state index contributed by atoms with van der Waals surface area (Å²) in [5, 5.41) is 0. The molecule has 0 amide bonds. The van der Waals surface area contributed by atoms with Crippen LogP contribution in [0.25, 0.3) is 0 Å². The first-order valence-electron chi connectivity index (χ1n) is 19.5. The molecule has 2 unspecified atom stereocenters. The smallest absolute Gasteiger partial charge is 0.0461 e. The van der Waals surface area contributed by atoms with E-state index in [1.54, 1.807) is 0 Å². The van der Waals surface area contributed by atoms with E-state index in [1.165, 1.54) is 61.2 Å². The van der Waals surface area contributed by atoms with Crippen molar-refractivity contribution in [1.82, 2.24) is 0 Å². The molecule has 0 aliphatic heterocycles. The fraction of sp³-hybridized carbons (Fsp3) is 0.208. The number of hydrogen-bond acceptors (Lipinski definition) is 1. The Balaban J connectivity index is 1.22. The van der Waals surface area contributed by atoms with Gasteiger partial charge in [-0.05, 0) is 116 Å². The molecule has 0 saturated heterocycles. The third-order valence-electron chi connectivity index (χ3n) is 11.4. The predicted octanol–water partition coefficient (Wildman–Crippen LogP) is 14.6. The maximum absolute atomic E-state index is 2.39. The molecule has 0 spiro atoms. The third-order valence-corrected chi connectivity index (χ3v) is 11.4. The van der Waals surface area contributed by atoms with E-state index in [1.807, 2.05) is 0 Å². The van der Waals surface area contributed by atoms with Crippen LogP contribution in [-0.4, -0.2) is 0 Å². The molecule has 7 aromatic rings. The lowest BCUT2D eigenvalue weighted by atomic mass is 9.78. The average molecular weight is 704 g/mol. The molecule has 0 bridgehead atoms. The Labute approximate surface area is 324 Å². The van der Waals surface area contributed by atoms with Gasteiger partial charge in [0.2, 0.25) is 0 Å². The molecule has 0 radical (unpaired) electrons. The zero-order valence-corrected chi connectivity index (χ0v) is 32.9. The van der Waals surface area contributed by atoms with Crippen molar-refractivity contribution in [2.45, 2.75) is 72.1 Å². The molecule has 1 heteroatoms. The Morgan fingerprint density at radius 2 is 0.444 bits per heavy atom. The van der Waals surface area contributed by atoms with Crippen LogP contribution in [0.2, 0.25) is 0 Å². The number of anilines is 3. The van der Waals surface area contributed by atoms with E-state index < -0.39 is 0 Å². The lowest BCUT2D eigenvalue weighted by molar-refractivity contribution is 0.657. The Hall–Kier alpha value is -5.66. The van der Waals surface area contributed by atoms with Crippen molar-refractivity contribution in [3.63, 3.8) is 0 Å². The topological polar surface area (TPSA) is 3.24 Å². The van der Waals surface area contributed by atoms with Gasteiger partial charge < -0.3 is 4.90 Å². The molecule has 270 valence electrons. The maximum Gasteiger partial charge on any atom is 0.0461 e. The quantitative estimate of drug-likeness (QED) is 0.130. The van der Waals surface area contributed by atoms with Crippen molar-refractivity contribution < 1.29 is 0 Å². The van der Waals surface area contributed by atoms with Crippen molar-refractivity contribution in [1.29, 1.82) is 0 Å². The molecule has 7 rings (SSSR count). The summed E-state index contributed by atoms with van der Waals surface area (Å²) in [6, 6.07) is 63.8. The van der Waals surface area contributed by atoms with Crippen molar-refractivity contribution in [2.75, 3.05) is 4.90 Å². The zero-order chi connectivity index (χ0) is 37.8. The molecule has 2 atom stereocenters. The lowest BCUT2D eigenvalue weighted by Crippen LogP contribution is -2.13. The van der Waals surface area contributed by atoms with Crippen molar-refractivity contribution in [3.05, 3.63) is 231 Å². The van der Waals surface area contributed by atoms with Gasteiger partial charge in [0.25, 0.3) is 0 Å². The highest BCUT2D eigenvalue weighted by Gasteiger charge is 2.25. The van der Waals surface area contributed by atoms with Gasteiger partial charge >= 0.3 is 0 Å². The molecule has 0 aliphatic rings. The van der Waals surface area contributed by atoms with Gasteiger partial charge in [-0.2, -0.15) is 0 Å². The summed E-state index contributed by atoms with van der Waals surface area (Å²) in [5.74, 6) is 1.08.